The van der Waals surface area contributed by atoms with Gasteiger partial charge >= 0.3 is 0 Å². The molecule has 7 heteroatoms. The van der Waals surface area contributed by atoms with Crippen molar-refractivity contribution < 1.29 is 9.50 Å². The Kier molecular flexibility index (Phi) is 7.01. The van der Waals surface area contributed by atoms with E-state index in [0.29, 0.717) is 5.92 Å². The summed E-state index contributed by atoms with van der Waals surface area (Å²) in [4.78, 5) is 2.37. The van der Waals surface area contributed by atoms with Crippen LogP contribution >= 0.6 is 36.4 Å². The van der Waals surface area contributed by atoms with Gasteiger partial charge in [0.15, 0.2) is 0 Å². The second-order valence-electron chi connectivity index (χ2n) is 5.37. The van der Waals surface area contributed by atoms with Crippen molar-refractivity contribution in [3.05, 3.63) is 28.5 Å². The number of nitrogens with one attached hydrogen (secondary N) is 1. The van der Waals surface area contributed by atoms with Gasteiger partial charge in [0.05, 0.1) is 0 Å². The number of rotatable bonds is 3. The normalized spacial score (nSPS) is 20.3. The van der Waals surface area contributed by atoms with Crippen LogP contribution in [0.2, 0.25) is 5.02 Å². The molecule has 1 saturated heterocycles. The molecule has 1 aliphatic carbocycles. The van der Waals surface area contributed by atoms with E-state index in [0.717, 1.165) is 31.7 Å². The highest BCUT2D eigenvalue weighted by Crippen LogP contribution is 2.48. The molecule has 0 spiro atoms. The van der Waals surface area contributed by atoms with E-state index in [-0.39, 0.29) is 41.6 Å². The Morgan fingerprint density at radius 2 is 1.86 bits per heavy atom. The standard InChI is InChI=1S/C14H18ClFN2O.2ClH/c15-12-11(16)4-3-10(14(12)19)13(9-1-2-9)18-7-5-17-6-8-18;;/h3-4,9,13,17,19H,1-2,5-8H2;2*1H/t13-;;/m1../s1. The Morgan fingerprint density at radius 1 is 1.24 bits per heavy atom. The molecule has 120 valence electrons. The summed E-state index contributed by atoms with van der Waals surface area (Å²) < 4.78 is 13.4. The van der Waals surface area contributed by atoms with E-state index in [4.69, 9.17) is 11.6 Å². The Labute approximate surface area is 141 Å². The third kappa shape index (κ3) is 3.93. The van der Waals surface area contributed by atoms with Crippen LogP contribution in [0.25, 0.3) is 0 Å². The molecule has 1 aliphatic heterocycles. The third-order valence-electron chi connectivity index (χ3n) is 4.03. The Balaban J connectivity index is 0.00000110. The number of phenolic OH excluding ortho intramolecular Hbond substituents is 1. The molecule has 0 bridgehead atoms. The number of halogens is 4. The topological polar surface area (TPSA) is 35.5 Å². The summed E-state index contributed by atoms with van der Waals surface area (Å²) in [6, 6.07) is 3.21. The maximum absolute atomic E-state index is 13.4. The summed E-state index contributed by atoms with van der Waals surface area (Å²) in [5.41, 5.74) is 0.774. The van der Waals surface area contributed by atoms with Gasteiger partial charge in [-0.25, -0.2) is 4.39 Å². The number of benzene rings is 1. The molecule has 1 aromatic rings. The second kappa shape index (κ2) is 7.84. The maximum Gasteiger partial charge on any atom is 0.145 e. The molecule has 0 amide bonds. The molecule has 1 saturated carbocycles. The van der Waals surface area contributed by atoms with Gasteiger partial charge in [-0.15, -0.1) is 24.8 Å². The summed E-state index contributed by atoms with van der Waals surface area (Å²) in [6.07, 6.45) is 2.34. The molecule has 2 N–H and O–H groups in total. The minimum atomic E-state index is -0.558. The molecule has 3 rings (SSSR count). The van der Waals surface area contributed by atoms with Gasteiger partial charge in [-0.05, 0) is 24.8 Å². The van der Waals surface area contributed by atoms with Crippen molar-refractivity contribution in [1.29, 1.82) is 0 Å². The van der Waals surface area contributed by atoms with Gasteiger partial charge in [0.25, 0.3) is 0 Å². The first-order valence-electron chi connectivity index (χ1n) is 6.80. The van der Waals surface area contributed by atoms with Crippen LogP contribution in [-0.2, 0) is 0 Å². The largest absolute Gasteiger partial charge is 0.506 e. The van der Waals surface area contributed by atoms with Crippen LogP contribution in [0.4, 0.5) is 4.39 Å². The molecule has 1 atom stereocenters. The van der Waals surface area contributed by atoms with Gasteiger partial charge in [-0.1, -0.05) is 17.7 Å². The van der Waals surface area contributed by atoms with E-state index in [1.165, 1.54) is 18.9 Å². The predicted molar refractivity (Wildman–Crippen MR) is 87.5 cm³/mol. The third-order valence-corrected chi connectivity index (χ3v) is 4.39. The van der Waals surface area contributed by atoms with Gasteiger partial charge in [0, 0.05) is 37.8 Å². The quantitative estimate of drug-likeness (QED) is 0.870. The van der Waals surface area contributed by atoms with Crippen molar-refractivity contribution in [2.45, 2.75) is 18.9 Å². The first-order chi connectivity index (χ1) is 9.18. The zero-order valence-electron chi connectivity index (χ0n) is 11.5. The summed E-state index contributed by atoms with van der Waals surface area (Å²) in [5.74, 6) is -0.0830. The van der Waals surface area contributed by atoms with Crippen LogP contribution in [0.3, 0.4) is 0 Å². The number of piperazine rings is 1. The monoisotopic (exact) mass is 356 g/mol. The zero-order valence-corrected chi connectivity index (χ0v) is 13.9. The van der Waals surface area contributed by atoms with Crippen LogP contribution in [0.1, 0.15) is 24.4 Å². The van der Waals surface area contributed by atoms with Gasteiger partial charge in [0.2, 0.25) is 0 Å². The Bertz CT molecular complexity index is 480. The average Bonchev–Trinajstić information content (AvgIpc) is 3.25. The molecule has 3 nitrogen and oxygen atoms in total. The first-order valence-corrected chi connectivity index (χ1v) is 7.18. The number of phenols is 1. The molecule has 0 aromatic heterocycles. The number of nitrogens with zero attached hydrogens (tertiary/aromatic N) is 1. The predicted octanol–water partition coefficient (Wildman–Crippen LogP) is 3.38. The minimum Gasteiger partial charge on any atom is -0.506 e. The van der Waals surface area contributed by atoms with E-state index in [1.807, 2.05) is 0 Å². The lowest BCUT2D eigenvalue weighted by molar-refractivity contribution is 0.153. The zero-order chi connectivity index (χ0) is 13.4. The summed E-state index contributed by atoms with van der Waals surface area (Å²) in [7, 11) is 0. The number of aromatic hydroxyl groups is 1. The SMILES string of the molecule is Cl.Cl.Oc1c([C@@H](C2CC2)N2CCNCC2)ccc(F)c1Cl. The van der Waals surface area contributed by atoms with E-state index in [1.54, 1.807) is 6.07 Å². The van der Waals surface area contributed by atoms with Crippen LogP contribution < -0.4 is 5.32 Å². The second-order valence-corrected chi connectivity index (χ2v) is 5.75. The highest BCUT2D eigenvalue weighted by Gasteiger charge is 2.38. The highest BCUT2D eigenvalue weighted by molar-refractivity contribution is 6.32. The number of hydrogen-bond donors (Lipinski definition) is 2. The van der Waals surface area contributed by atoms with Crippen LogP contribution in [0.15, 0.2) is 12.1 Å². The lowest BCUT2D eigenvalue weighted by Crippen LogP contribution is -2.45. The van der Waals surface area contributed by atoms with Crippen LogP contribution in [0.5, 0.6) is 5.75 Å². The van der Waals surface area contributed by atoms with Gasteiger partial charge < -0.3 is 10.4 Å². The van der Waals surface area contributed by atoms with Crippen molar-refractivity contribution in [2.24, 2.45) is 5.92 Å². The maximum atomic E-state index is 13.4. The van der Waals surface area contributed by atoms with Gasteiger partial charge in [-0.3, -0.25) is 4.90 Å². The number of hydrogen-bond acceptors (Lipinski definition) is 3. The Hall–Kier alpha value is -0.260. The fourth-order valence-corrected chi connectivity index (χ4v) is 3.09. The molecule has 1 heterocycles. The van der Waals surface area contributed by atoms with Crippen molar-refractivity contribution >= 4 is 36.4 Å². The summed E-state index contributed by atoms with van der Waals surface area (Å²) in [5, 5.41) is 13.3. The van der Waals surface area contributed by atoms with Crippen molar-refractivity contribution in [3.63, 3.8) is 0 Å². The van der Waals surface area contributed by atoms with Gasteiger partial charge in [0.1, 0.15) is 16.6 Å². The van der Waals surface area contributed by atoms with Crippen LogP contribution in [-0.4, -0.2) is 36.2 Å². The van der Waals surface area contributed by atoms with E-state index in [9.17, 15) is 9.50 Å². The molecule has 1 aromatic carbocycles. The fraction of sp³-hybridized carbons (Fsp3) is 0.571. The molecular weight excluding hydrogens is 338 g/mol. The van der Waals surface area contributed by atoms with Crippen molar-refractivity contribution in [1.82, 2.24) is 10.2 Å². The van der Waals surface area contributed by atoms with E-state index >= 15 is 0 Å². The van der Waals surface area contributed by atoms with E-state index in [2.05, 4.69) is 10.2 Å². The summed E-state index contributed by atoms with van der Waals surface area (Å²) >= 11 is 5.84. The lowest BCUT2D eigenvalue weighted by atomic mass is 9.98. The molecule has 0 radical (unpaired) electrons. The molecule has 0 unspecified atom stereocenters. The molecular formula is C14H20Cl3FN2O. The van der Waals surface area contributed by atoms with Gasteiger partial charge in [-0.2, -0.15) is 0 Å². The molecule has 2 aliphatic rings. The Morgan fingerprint density at radius 3 is 2.43 bits per heavy atom. The van der Waals surface area contributed by atoms with Crippen molar-refractivity contribution in [3.8, 4) is 5.75 Å². The smallest absolute Gasteiger partial charge is 0.145 e. The lowest BCUT2D eigenvalue weighted by Gasteiger charge is -2.35. The fourth-order valence-electron chi connectivity index (χ4n) is 2.91. The molecule has 2 fully saturated rings. The first kappa shape index (κ1) is 18.8. The average molecular weight is 358 g/mol. The van der Waals surface area contributed by atoms with E-state index < -0.39 is 5.82 Å². The minimum absolute atomic E-state index is 0. The van der Waals surface area contributed by atoms with Crippen molar-refractivity contribution in [2.75, 3.05) is 26.2 Å². The summed E-state index contributed by atoms with van der Waals surface area (Å²) in [6.45, 7) is 3.82. The molecule has 21 heavy (non-hydrogen) atoms. The van der Waals surface area contributed by atoms with Crippen LogP contribution in [0, 0.1) is 11.7 Å². The highest BCUT2D eigenvalue weighted by atomic mass is 35.5.